The van der Waals surface area contributed by atoms with Crippen molar-refractivity contribution in [2.45, 2.75) is 38.5 Å². The van der Waals surface area contributed by atoms with E-state index in [1.54, 1.807) is 0 Å². The number of rotatable bonds is 7. The van der Waals surface area contributed by atoms with Gasteiger partial charge >= 0.3 is 0 Å². The fourth-order valence-electron chi connectivity index (χ4n) is 2.49. The molecule has 2 radical (unpaired) electrons. The lowest BCUT2D eigenvalue weighted by Crippen LogP contribution is -2.19. The number of fused-ring (bicyclic) bond motifs is 1. The second-order valence-electron chi connectivity index (χ2n) is 6.66. The van der Waals surface area contributed by atoms with Gasteiger partial charge in [-0.1, -0.05) is 44.2 Å². The number of nitrogens with one attached hydrogen (secondary N) is 1. The van der Waals surface area contributed by atoms with E-state index in [2.05, 4.69) is 52.7 Å². The molecule has 2 aliphatic carbocycles. The maximum Gasteiger partial charge on any atom is 0.154 e. The van der Waals surface area contributed by atoms with Crippen molar-refractivity contribution in [1.29, 1.82) is 0 Å². The van der Waals surface area contributed by atoms with Crippen LogP contribution in [0.1, 0.15) is 38.9 Å². The minimum atomic E-state index is -0.0172. The van der Waals surface area contributed by atoms with E-state index < -0.39 is 0 Å². The minimum Gasteiger partial charge on any atom is -0.493 e. The summed E-state index contributed by atoms with van der Waals surface area (Å²) in [4.78, 5) is 0. The second-order valence-corrected chi connectivity index (χ2v) is 6.66. The number of H-pyrrole nitrogens is 1. The standard InChI is InChI=1S/C14H17N4O.C6H5/c1-14(2,13-15-17-18-16-13)5-3-4-6-19-12-8-10-7-11(10)9-12;1-2-4-6-5-3-1/h7-8H,3-6H2,1-2H3,(H,15,16,17,18);1-5H. The molecule has 0 aliphatic heterocycles. The fraction of sp³-hybridized carbons (Fsp3) is 0.350. The first-order chi connectivity index (χ1) is 12.1. The molecule has 5 nitrogen and oxygen atoms in total. The lowest BCUT2D eigenvalue weighted by molar-refractivity contribution is 0.296. The van der Waals surface area contributed by atoms with Crippen LogP contribution in [-0.2, 0) is 5.41 Å². The van der Waals surface area contributed by atoms with Crippen LogP contribution in [0.25, 0.3) is 11.1 Å². The lowest BCUT2D eigenvalue weighted by atomic mass is 9.86. The highest BCUT2D eigenvalue weighted by Crippen LogP contribution is 2.39. The van der Waals surface area contributed by atoms with Crippen LogP contribution in [0.3, 0.4) is 0 Å². The molecule has 0 atom stereocenters. The first-order valence-electron chi connectivity index (χ1n) is 8.51. The Hall–Kier alpha value is -2.69. The average molecular weight is 334 g/mol. The number of ether oxygens (including phenoxy) is 1. The van der Waals surface area contributed by atoms with Gasteiger partial charge in [0.1, 0.15) is 5.75 Å². The SMILES string of the molecule is CC(C)(CCCCOc1[c]c2cc-2c1)c1nnn[nH]1.[c]1ccccc1. The molecule has 5 heteroatoms. The summed E-state index contributed by atoms with van der Waals surface area (Å²) in [6.07, 6.45) is 3.14. The van der Waals surface area contributed by atoms with Crippen LogP contribution in [0.2, 0.25) is 0 Å². The molecule has 0 saturated heterocycles. The van der Waals surface area contributed by atoms with Crippen LogP contribution < -0.4 is 4.74 Å². The molecule has 0 bridgehead atoms. The van der Waals surface area contributed by atoms with Crippen LogP contribution in [-0.4, -0.2) is 27.2 Å². The number of benzene rings is 2. The highest BCUT2D eigenvalue weighted by Gasteiger charge is 2.23. The van der Waals surface area contributed by atoms with Crippen molar-refractivity contribution in [1.82, 2.24) is 20.6 Å². The number of tetrazole rings is 1. The maximum absolute atomic E-state index is 5.65. The molecule has 128 valence electrons. The predicted octanol–water partition coefficient (Wildman–Crippen LogP) is 3.99. The van der Waals surface area contributed by atoms with E-state index in [1.165, 1.54) is 11.1 Å². The van der Waals surface area contributed by atoms with Crippen molar-refractivity contribution in [2.24, 2.45) is 0 Å². The fourth-order valence-corrected chi connectivity index (χ4v) is 2.49. The highest BCUT2D eigenvalue weighted by molar-refractivity contribution is 5.83. The minimum absolute atomic E-state index is 0.0172. The summed E-state index contributed by atoms with van der Waals surface area (Å²) in [7, 11) is 0. The van der Waals surface area contributed by atoms with E-state index >= 15 is 0 Å². The van der Waals surface area contributed by atoms with Crippen LogP contribution in [0.15, 0.2) is 42.5 Å². The van der Waals surface area contributed by atoms with Crippen LogP contribution in [0.4, 0.5) is 0 Å². The van der Waals surface area contributed by atoms with E-state index in [1.807, 2.05) is 36.4 Å². The molecule has 1 heterocycles. The van der Waals surface area contributed by atoms with Gasteiger partial charge in [-0.05, 0) is 59.0 Å². The van der Waals surface area contributed by atoms with E-state index in [4.69, 9.17) is 4.74 Å². The number of hydrogen-bond acceptors (Lipinski definition) is 4. The maximum atomic E-state index is 5.65. The third-order valence-corrected chi connectivity index (χ3v) is 4.12. The molecule has 0 fully saturated rings. The Balaban J connectivity index is 0.000000258. The van der Waals surface area contributed by atoms with Gasteiger partial charge in [-0.25, -0.2) is 5.10 Å². The molecule has 0 amide bonds. The molecule has 4 rings (SSSR count). The Morgan fingerprint density at radius 2 is 1.96 bits per heavy atom. The van der Waals surface area contributed by atoms with Gasteiger partial charge in [0.05, 0.1) is 6.61 Å². The average Bonchev–Trinajstić information content (AvgIpc) is 3.06. The van der Waals surface area contributed by atoms with Crippen molar-refractivity contribution in [3.05, 3.63) is 60.4 Å². The molecule has 0 saturated carbocycles. The van der Waals surface area contributed by atoms with Crippen molar-refractivity contribution < 1.29 is 4.74 Å². The first kappa shape index (κ1) is 17.1. The van der Waals surface area contributed by atoms with Gasteiger partial charge < -0.3 is 4.74 Å². The summed E-state index contributed by atoms with van der Waals surface area (Å²) in [5, 5.41) is 14.1. The Bertz CT molecular complexity index is 723. The zero-order valence-corrected chi connectivity index (χ0v) is 14.6. The molecule has 0 unspecified atom stereocenters. The molecule has 0 spiro atoms. The smallest absolute Gasteiger partial charge is 0.154 e. The normalized spacial score (nSPS) is 11.4. The van der Waals surface area contributed by atoms with Gasteiger partial charge in [-0.2, -0.15) is 0 Å². The molecule has 1 aromatic carbocycles. The van der Waals surface area contributed by atoms with Gasteiger partial charge in [-0.3, -0.25) is 0 Å². The summed E-state index contributed by atoms with van der Waals surface area (Å²) in [5.41, 5.74) is 2.46. The Morgan fingerprint density at radius 3 is 2.52 bits per heavy atom. The van der Waals surface area contributed by atoms with Crippen LogP contribution in [0, 0.1) is 12.1 Å². The van der Waals surface area contributed by atoms with Gasteiger partial charge in [0.15, 0.2) is 5.82 Å². The van der Waals surface area contributed by atoms with Crippen molar-refractivity contribution in [2.75, 3.05) is 6.61 Å². The Labute approximate surface area is 148 Å². The molecule has 2 aliphatic rings. The monoisotopic (exact) mass is 334 g/mol. The van der Waals surface area contributed by atoms with Crippen LogP contribution >= 0.6 is 0 Å². The van der Waals surface area contributed by atoms with E-state index in [0.29, 0.717) is 0 Å². The summed E-state index contributed by atoms with van der Waals surface area (Å²) < 4.78 is 5.65. The van der Waals surface area contributed by atoms with E-state index in [-0.39, 0.29) is 5.41 Å². The van der Waals surface area contributed by atoms with E-state index in [9.17, 15) is 0 Å². The quantitative estimate of drug-likeness (QED) is 0.519. The summed E-state index contributed by atoms with van der Waals surface area (Å²) in [5.74, 6) is 1.73. The topological polar surface area (TPSA) is 63.7 Å². The highest BCUT2D eigenvalue weighted by atomic mass is 16.5. The molecule has 1 aromatic heterocycles. The van der Waals surface area contributed by atoms with Crippen molar-refractivity contribution in [3.63, 3.8) is 0 Å². The molecule has 2 aromatic rings. The molecule has 25 heavy (non-hydrogen) atoms. The Kier molecular flexibility index (Phi) is 5.43. The predicted molar refractivity (Wildman–Crippen MR) is 96.1 cm³/mol. The molecule has 1 N–H and O–H groups in total. The number of aromatic amines is 1. The zero-order valence-electron chi connectivity index (χ0n) is 14.6. The number of hydrogen-bond donors (Lipinski definition) is 1. The van der Waals surface area contributed by atoms with Crippen LogP contribution in [0.5, 0.6) is 5.75 Å². The lowest BCUT2D eigenvalue weighted by Gasteiger charge is -2.20. The summed E-state index contributed by atoms with van der Waals surface area (Å²) in [6.45, 7) is 5.03. The van der Waals surface area contributed by atoms with Gasteiger partial charge in [0.2, 0.25) is 0 Å². The summed E-state index contributed by atoms with van der Waals surface area (Å²) in [6, 6.07) is 19.8. The van der Waals surface area contributed by atoms with Gasteiger partial charge in [-0.15, -0.1) is 5.10 Å². The van der Waals surface area contributed by atoms with Crippen molar-refractivity contribution >= 4 is 0 Å². The third-order valence-electron chi connectivity index (χ3n) is 4.12. The van der Waals surface area contributed by atoms with E-state index in [0.717, 1.165) is 37.4 Å². The third kappa shape index (κ3) is 5.14. The number of unbranched alkanes of at least 4 members (excludes halogenated alkanes) is 1. The zero-order chi connectivity index (χ0) is 17.5. The largest absolute Gasteiger partial charge is 0.493 e. The number of nitrogens with zero attached hydrogens (tertiary/aromatic N) is 3. The summed E-state index contributed by atoms with van der Waals surface area (Å²) >= 11 is 0. The number of aromatic nitrogens is 4. The van der Waals surface area contributed by atoms with Crippen molar-refractivity contribution in [3.8, 4) is 16.9 Å². The van der Waals surface area contributed by atoms with Gasteiger partial charge in [0, 0.05) is 11.5 Å². The Morgan fingerprint density at radius 1 is 1.12 bits per heavy atom. The first-order valence-corrected chi connectivity index (χ1v) is 8.51. The molecular formula is C20H22N4O. The second kappa shape index (κ2) is 7.92. The molecular weight excluding hydrogens is 312 g/mol. The van der Waals surface area contributed by atoms with Gasteiger partial charge in [0.25, 0.3) is 0 Å².